The van der Waals surface area contributed by atoms with Crippen molar-refractivity contribution < 1.29 is 9.47 Å². The molecule has 0 aliphatic heterocycles. The van der Waals surface area contributed by atoms with Gasteiger partial charge in [-0.25, -0.2) is 0 Å². The first-order valence-corrected chi connectivity index (χ1v) is 8.75. The Bertz CT molecular complexity index is 506. The summed E-state index contributed by atoms with van der Waals surface area (Å²) in [4.78, 5) is 0. The summed E-state index contributed by atoms with van der Waals surface area (Å²) < 4.78 is 12.7. The van der Waals surface area contributed by atoms with Crippen molar-refractivity contribution in [1.82, 2.24) is 0 Å². The van der Waals surface area contributed by atoms with E-state index < -0.39 is 0 Å². The van der Waals surface area contributed by atoms with E-state index in [4.69, 9.17) is 15.2 Å². The van der Waals surface area contributed by atoms with Crippen LogP contribution in [0, 0.1) is 0 Å². The van der Waals surface area contributed by atoms with Gasteiger partial charge < -0.3 is 15.2 Å². The molecule has 0 heterocycles. The average molecular weight is 354 g/mol. The predicted molar refractivity (Wildman–Crippen MR) is 87.9 cm³/mol. The molecule has 0 bridgehead atoms. The molecule has 0 radical (unpaired) electrons. The van der Waals surface area contributed by atoms with Gasteiger partial charge in [-0.05, 0) is 56.2 Å². The minimum absolute atomic E-state index is 0.224. The SMILES string of the molecule is COc1cc(C2(N)CCCC2)c(Br)cc1OC1CCCC1. The molecule has 4 heteroatoms. The lowest BCUT2D eigenvalue weighted by atomic mass is 9.89. The van der Waals surface area contributed by atoms with Crippen LogP contribution in [0.3, 0.4) is 0 Å². The first kappa shape index (κ1) is 15.2. The smallest absolute Gasteiger partial charge is 0.162 e. The normalized spacial score (nSPS) is 21.7. The maximum Gasteiger partial charge on any atom is 0.162 e. The molecule has 2 saturated carbocycles. The van der Waals surface area contributed by atoms with Crippen LogP contribution < -0.4 is 15.2 Å². The Hall–Kier alpha value is -0.740. The first-order chi connectivity index (χ1) is 10.1. The van der Waals surface area contributed by atoms with Gasteiger partial charge in [-0.3, -0.25) is 0 Å². The Kier molecular flexibility index (Phi) is 4.46. The fourth-order valence-corrected chi connectivity index (χ4v) is 4.35. The van der Waals surface area contributed by atoms with Crippen LogP contribution in [0.5, 0.6) is 11.5 Å². The number of nitrogens with two attached hydrogens (primary N) is 1. The van der Waals surface area contributed by atoms with E-state index in [1.165, 1.54) is 25.7 Å². The van der Waals surface area contributed by atoms with Gasteiger partial charge in [0, 0.05) is 10.0 Å². The zero-order valence-electron chi connectivity index (χ0n) is 12.7. The van der Waals surface area contributed by atoms with Gasteiger partial charge >= 0.3 is 0 Å². The topological polar surface area (TPSA) is 44.5 Å². The fourth-order valence-electron chi connectivity index (χ4n) is 3.63. The van der Waals surface area contributed by atoms with E-state index in [1.807, 2.05) is 6.07 Å². The van der Waals surface area contributed by atoms with E-state index in [2.05, 4.69) is 22.0 Å². The second kappa shape index (κ2) is 6.17. The number of methoxy groups -OCH3 is 1. The maximum atomic E-state index is 6.59. The minimum Gasteiger partial charge on any atom is -0.493 e. The highest BCUT2D eigenvalue weighted by atomic mass is 79.9. The predicted octanol–water partition coefficient (Wildman–Crippen LogP) is 4.51. The van der Waals surface area contributed by atoms with Crippen molar-refractivity contribution in [2.24, 2.45) is 5.73 Å². The van der Waals surface area contributed by atoms with Gasteiger partial charge in [-0.15, -0.1) is 0 Å². The van der Waals surface area contributed by atoms with Gasteiger partial charge in [-0.2, -0.15) is 0 Å². The molecule has 2 aliphatic carbocycles. The second-order valence-corrected chi connectivity index (χ2v) is 7.22. The molecule has 0 spiro atoms. The van der Waals surface area contributed by atoms with E-state index >= 15 is 0 Å². The van der Waals surface area contributed by atoms with E-state index in [0.29, 0.717) is 6.10 Å². The van der Waals surface area contributed by atoms with Crippen molar-refractivity contribution in [3.05, 3.63) is 22.2 Å². The van der Waals surface area contributed by atoms with E-state index in [-0.39, 0.29) is 5.54 Å². The molecule has 0 atom stereocenters. The summed E-state index contributed by atoms with van der Waals surface area (Å²) in [6, 6.07) is 4.11. The molecule has 2 N–H and O–H groups in total. The Morgan fingerprint density at radius 3 is 2.38 bits per heavy atom. The summed E-state index contributed by atoms with van der Waals surface area (Å²) in [5, 5.41) is 0. The molecule has 2 aliphatic rings. The molecule has 3 rings (SSSR count). The highest BCUT2D eigenvalue weighted by molar-refractivity contribution is 9.10. The third-order valence-corrected chi connectivity index (χ3v) is 5.54. The van der Waals surface area contributed by atoms with Gasteiger partial charge in [0.2, 0.25) is 0 Å². The molecule has 0 aromatic heterocycles. The Balaban J connectivity index is 1.90. The third-order valence-electron chi connectivity index (χ3n) is 4.88. The summed E-state index contributed by atoms with van der Waals surface area (Å²) in [6.07, 6.45) is 9.62. The van der Waals surface area contributed by atoms with Gasteiger partial charge in [0.15, 0.2) is 11.5 Å². The summed E-state index contributed by atoms with van der Waals surface area (Å²) in [7, 11) is 1.70. The number of ether oxygens (including phenoxy) is 2. The molecule has 21 heavy (non-hydrogen) atoms. The van der Waals surface area contributed by atoms with Crippen LogP contribution in [0.1, 0.15) is 56.9 Å². The monoisotopic (exact) mass is 353 g/mol. The standard InChI is InChI=1S/C17H24BrNO2/c1-20-15-10-13(17(19)8-4-5-9-17)14(18)11-16(15)21-12-6-2-3-7-12/h10-12H,2-9,19H2,1H3. The van der Waals surface area contributed by atoms with Crippen LogP contribution in [-0.2, 0) is 5.54 Å². The highest BCUT2D eigenvalue weighted by Gasteiger charge is 2.34. The van der Waals surface area contributed by atoms with Crippen LogP contribution in [0.4, 0.5) is 0 Å². The number of rotatable bonds is 4. The Morgan fingerprint density at radius 1 is 1.10 bits per heavy atom. The van der Waals surface area contributed by atoms with E-state index in [1.54, 1.807) is 7.11 Å². The maximum absolute atomic E-state index is 6.59. The van der Waals surface area contributed by atoms with Crippen molar-refractivity contribution in [2.75, 3.05) is 7.11 Å². The van der Waals surface area contributed by atoms with Crippen molar-refractivity contribution in [2.45, 2.75) is 63.0 Å². The summed E-state index contributed by atoms with van der Waals surface area (Å²) in [5.41, 5.74) is 7.52. The molecular formula is C17H24BrNO2. The zero-order valence-corrected chi connectivity index (χ0v) is 14.2. The molecule has 0 unspecified atom stereocenters. The summed E-state index contributed by atoms with van der Waals surface area (Å²) in [6.45, 7) is 0. The largest absolute Gasteiger partial charge is 0.493 e. The van der Waals surface area contributed by atoms with Crippen molar-refractivity contribution in [1.29, 1.82) is 0 Å². The van der Waals surface area contributed by atoms with Gasteiger partial charge in [0.1, 0.15) is 0 Å². The molecule has 0 amide bonds. The number of benzene rings is 1. The Labute approximate surface area is 135 Å². The van der Waals surface area contributed by atoms with E-state index in [0.717, 1.165) is 47.2 Å². The highest BCUT2D eigenvalue weighted by Crippen LogP contribution is 2.44. The van der Waals surface area contributed by atoms with Crippen LogP contribution in [0.25, 0.3) is 0 Å². The Morgan fingerprint density at radius 2 is 1.76 bits per heavy atom. The third kappa shape index (κ3) is 3.07. The lowest BCUT2D eigenvalue weighted by molar-refractivity contribution is 0.200. The minimum atomic E-state index is -0.224. The van der Waals surface area contributed by atoms with Gasteiger partial charge in [-0.1, -0.05) is 28.8 Å². The van der Waals surface area contributed by atoms with E-state index in [9.17, 15) is 0 Å². The number of hydrogen-bond donors (Lipinski definition) is 1. The number of hydrogen-bond acceptors (Lipinski definition) is 3. The van der Waals surface area contributed by atoms with Crippen LogP contribution in [-0.4, -0.2) is 13.2 Å². The average Bonchev–Trinajstić information content (AvgIpc) is 3.11. The van der Waals surface area contributed by atoms with Crippen LogP contribution in [0.15, 0.2) is 16.6 Å². The molecule has 3 nitrogen and oxygen atoms in total. The summed E-state index contributed by atoms with van der Waals surface area (Å²) in [5.74, 6) is 1.64. The van der Waals surface area contributed by atoms with Gasteiger partial charge in [0.25, 0.3) is 0 Å². The van der Waals surface area contributed by atoms with Crippen molar-refractivity contribution in [3.63, 3.8) is 0 Å². The molecular weight excluding hydrogens is 330 g/mol. The first-order valence-electron chi connectivity index (χ1n) is 7.96. The fraction of sp³-hybridized carbons (Fsp3) is 0.647. The van der Waals surface area contributed by atoms with Crippen LogP contribution >= 0.6 is 15.9 Å². The molecule has 2 fully saturated rings. The quantitative estimate of drug-likeness (QED) is 0.865. The molecule has 116 valence electrons. The van der Waals surface area contributed by atoms with Gasteiger partial charge in [0.05, 0.1) is 13.2 Å². The number of halogens is 1. The summed E-state index contributed by atoms with van der Waals surface area (Å²) >= 11 is 3.69. The van der Waals surface area contributed by atoms with Crippen molar-refractivity contribution >= 4 is 15.9 Å². The molecule has 1 aromatic carbocycles. The molecule has 1 aromatic rings. The lowest BCUT2D eigenvalue weighted by Gasteiger charge is -2.27. The van der Waals surface area contributed by atoms with Crippen molar-refractivity contribution in [3.8, 4) is 11.5 Å². The van der Waals surface area contributed by atoms with Crippen LogP contribution in [0.2, 0.25) is 0 Å². The zero-order chi connectivity index (χ0) is 14.9. The second-order valence-electron chi connectivity index (χ2n) is 6.37. The lowest BCUT2D eigenvalue weighted by Crippen LogP contribution is -2.33. The molecule has 0 saturated heterocycles.